The van der Waals surface area contributed by atoms with Crippen molar-refractivity contribution in [2.24, 2.45) is 0 Å². The predicted octanol–water partition coefficient (Wildman–Crippen LogP) is 3.61. The summed E-state index contributed by atoms with van der Waals surface area (Å²) in [4.78, 5) is 22.1. The molecule has 1 amide bonds. The van der Waals surface area contributed by atoms with E-state index in [2.05, 4.69) is 86.7 Å². The first kappa shape index (κ1) is 25.6. The van der Waals surface area contributed by atoms with Crippen molar-refractivity contribution in [1.29, 1.82) is 0 Å². The first-order valence-electron chi connectivity index (χ1n) is 13.1. The minimum atomic E-state index is -0.201. The predicted molar refractivity (Wildman–Crippen MR) is 143 cm³/mol. The van der Waals surface area contributed by atoms with Gasteiger partial charge in [-0.1, -0.05) is 48.0 Å². The molecular formula is C28H34N8O2. The van der Waals surface area contributed by atoms with E-state index in [0.717, 1.165) is 43.7 Å². The maximum absolute atomic E-state index is 13.5. The van der Waals surface area contributed by atoms with Crippen LogP contribution in [-0.2, 0) is 6.54 Å². The number of hydrogen-bond donors (Lipinski definition) is 1. The quantitative estimate of drug-likeness (QED) is 0.445. The van der Waals surface area contributed by atoms with Crippen molar-refractivity contribution in [3.63, 3.8) is 0 Å². The lowest BCUT2D eigenvalue weighted by atomic mass is 9.91. The fourth-order valence-electron chi connectivity index (χ4n) is 4.95. The maximum Gasteiger partial charge on any atom is 0.291 e. The van der Waals surface area contributed by atoms with Gasteiger partial charge in [0.1, 0.15) is 25.0 Å². The van der Waals surface area contributed by atoms with Crippen molar-refractivity contribution in [3.8, 4) is 11.7 Å². The van der Waals surface area contributed by atoms with Gasteiger partial charge in [0.2, 0.25) is 5.82 Å². The number of nitrogens with zero attached hydrogens (tertiary/aromatic N) is 7. The van der Waals surface area contributed by atoms with Crippen LogP contribution in [0.3, 0.4) is 0 Å². The van der Waals surface area contributed by atoms with Crippen LogP contribution in [0.1, 0.15) is 52.5 Å². The van der Waals surface area contributed by atoms with Crippen molar-refractivity contribution < 1.29 is 9.53 Å². The third kappa shape index (κ3) is 6.25. The molecule has 10 nitrogen and oxygen atoms in total. The number of aryl methyl sites for hydroxylation is 1. The summed E-state index contributed by atoms with van der Waals surface area (Å²) >= 11 is 0. The average molecular weight is 515 g/mol. The molecule has 1 N–H and O–H groups in total. The molecule has 0 fully saturated rings. The van der Waals surface area contributed by atoms with E-state index in [9.17, 15) is 4.79 Å². The van der Waals surface area contributed by atoms with Gasteiger partial charge in [0.25, 0.3) is 11.9 Å². The molecule has 1 aliphatic rings. The van der Waals surface area contributed by atoms with Crippen molar-refractivity contribution in [2.45, 2.75) is 38.6 Å². The molecule has 10 heteroatoms. The molecule has 5 rings (SSSR count). The van der Waals surface area contributed by atoms with Gasteiger partial charge in [-0.05, 0) is 57.3 Å². The van der Waals surface area contributed by atoms with Gasteiger partial charge in [-0.15, -0.1) is 15.3 Å². The first-order chi connectivity index (χ1) is 18.6. The van der Waals surface area contributed by atoms with Crippen molar-refractivity contribution in [1.82, 2.24) is 39.7 Å². The number of benzene rings is 2. The molecule has 1 unspecified atom stereocenters. The summed E-state index contributed by atoms with van der Waals surface area (Å²) in [5.74, 6) is 1.59. The topological polar surface area (TPSA) is 105 Å². The number of carbonyl (C=O) groups excluding carboxylic acids is 1. The molecule has 0 spiro atoms. The standard InChI is InChI=1S/C28H34N8O2/c1-21-10-11-25-24(17-21)18-34(2)14-12-23(22-7-4-3-5-8-22)9-6-13-35(15-16-38-25)27(37)26-31-28(33-32-26)36-19-29-30-20-36/h3-5,7-8,10-11,17,19-20,23H,6,9,12-16,18H2,1-2H3,(H,31,32,33). The highest BCUT2D eigenvalue weighted by Gasteiger charge is 2.22. The van der Waals surface area contributed by atoms with E-state index in [1.54, 1.807) is 4.57 Å². The second-order valence-corrected chi connectivity index (χ2v) is 9.88. The molecule has 1 aliphatic heterocycles. The molecule has 0 bridgehead atoms. The second kappa shape index (κ2) is 12.0. The third-order valence-corrected chi connectivity index (χ3v) is 7.00. The Bertz CT molecular complexity index is 1320. The van der Waals surface area contributed by atoms with E-state index in [4.69, 9.17) is 4.74 Å². The van der Waals surface area contributed by atoms with Gasteiger partial charge in [0, 0.05) is 18.7 Å². The summed E-state index contributed by atoms with van der Waals surface area (Å²) in [5, 5.41) is 14.5. The van der Waals surface area contributed by atoms with E-state index in [1.165, 1.54) is 23.8 Å². The molecule has 0 radical (unpaired) electrons. The number of hydrogen-bond acceptors (Lipinski definition) is 7. The van der Waals surface area contributed by atoms with Crippen LogP contribution in [0, 0.1) is 6.92 Å². The van der Waals surface area contributed by atoms with Crippen molar-refractivity contribution in [3.05, 3.63) is 83.7 Å². The van der Waals surface area contributed by atoms with E-state index in [1.807, 2.05) is 11.0 Å². The number of ether oxygens (including phenoxy) is 1. The Morgan fingerprint density at radius 2 is 1.84 bits per heavy atom. The number of nitrogens with one attached hydrogen (secondary N) is 1. The van der Waals surface area contributed by atoms with Crippen LogP contribution in [0.5, 0.6) is 5.75 Å². The zero-order valence-electron chi connectivity index (χ0n) is 22.0. The summed E-state index contributed by atoms with van der Waals surface area (Å²) in [6.07, 6.45) is 5.89. The lowest BCUT2D eigenvalue weighted by Gasteiger charge is -2.27. The zero-order valence-corrected chi connectivity index (χ0v) is 22.0. The van der Waals surface area contributed by atoms with Crippen LogP contribution in [-0.4, -0.2) is 78.9 Å². The fraction of sp³-hybridized carbons (Fsp3) is 0.393. The molecule has 0 aliphatic carbocycles. The smallest absolute Gasteiger partial charge is 0.291 e. The molecule has 38 heavy (non-hydrogen) atoms. The van der Waals surface area contributed by atoms with Crippen LogP contribution in [0.15, 0.2) is 61.2 Å². The molecule has 4 aromatic rings. The summed E-state index contributed by atoms with van der Waals surface area (Å²) in [6.45, 7) is 5.32. The van der Waals surface area contributed by atoms with Gasteiger partial charge in [0.05, 0.1) is 6.54 Å². The number of aromatic nitrogens is 6. The van der Waals surface area contributed by atoms with E-state index >= 15 is 0 Å². The number of carbonyl (C=O) groups is 1. The van der Waals surface area contributed by atoms with Crippen LogP contribution in [0.4, 0.5) is 0 Å². The molecule has 1 atom stereocenters. The number of aromatic amines is 1. The van der Waals surface area contributed by atoms with Gasteiger partial charge in [-0.3, -0.25) is 14.5 Å². The van der Waals surface area contributed by atoms with Crippen LogP contribution >= 0.6 is 0 Å². The molecule has 198 valence electrons. The normalized spacial score (nSPS) is 17.8. The highest BCUT2D eigenvalue weighted by atomic mass is 16.5. The van der Waals surface area contributed by atoms with Crippen molar-refractivity contribution in [2.75, 3.05) is 33.3 Å². The Kier molecular flexibility index (Phi) is 8.08. The SMILES string of the molecule is Cc1ccc2c(c1)CN(C)CCC(c1ccccc1)CCCN(C(=O)c1nc(-n3cnnc3)n[nH]1)CCO2. The molecule has 0 saturated heterocycles. The summed E-state index contributed by atoms with van der Waals surface area (Å²) < 4.78 is 7.77. The average Bonchev–Trinajstić information content (AvgIpc) is 3.63. The maximum atomic E-state index is 13.5. The number of rotatable bonds is 3. The Labute approximate surface area is 222 Å². The molecular weight excluding hydrogens is 480 g/mol. The summed E-state index contributed by atoms with van der Waals surface area (Å²) in [6, 6.07) is 17.0. The Morgan fingerprint density at radius 1 is 1.03 bits per heavy atom. The van der Waals surface area contributed by atoms with Crippen molar-refractivity contribution >= 4 is 5.91 Å². The van der Waals surface area contributed by atoms with Crippen LogP contribution in [0.25, 0.3) is 5.95 Å². The van der Waals surface area contributed by atoms with Gasteiger partial charge in [0.15, 0.2) is 0 Å². The Balaban J connectivity index is 1.38. The summed E-state index contributed by atoms with van der Waals surface area (Å²) in [7, 11) is 2.17. The molecule has 3 heterocycles. The molecule has 0 saturated carbocycles. The lowest BCUT2D eigenvalue weighted by Crippen LogP contribution is -2.36. The zero-order chi connectivity index (χ0) is 26.3. The van der Waals surface area contributed by atoms with E-state index in [0.29, 0.717) is 31.6 Å². The highest BCUT2D eigenvalue weighted by Crippen LogP contribution is 2.27. The minimum absolute atomic E-state index is 0.187. The third-order valence-electron chi connectivity index (χ3n) is 7.00. The molecule has 2 aromatic carbocycles. The fourth-order valence-corrected chi connectivity index (χ4v) is 4.95. The van der Waals surface area contributed by atoms with Gasteiger partial charge in [-0.2, -0.15) is 4.98 Å². The highest BCUT2D eigenvalue weighted by molar-refractivity contribution is 5.90. The van der Waals surface area contributed by atoms with E-state index < -0.39 is 0 Å². The number of H-pyrrole nitrogens is 1. The largest absolute Gasteiger partial charge is 0.491 e. The number of amides is 1. The number of fused-ring (bicyclic) bond motifs is 1. The van der Waals surface area contributed by atoms with Crippen LogP contribution in [0.2, 0.25) is 0 Å². The van der Waals surface area contributed by atoms with Gasteiger partial charge < -0.3 is 14.5 Å². The lowest BCUT2D eigenvalue weighted by molar-refractivity contribution is 0.0712. The molecule has 2 aromatic heterocycles. The van der Waals surface area contributed by atoms with Gasteiger partial charge >= 0.3 is 0 Å². The van der Waals surface area contributed by atoms with Crippen LogP contribution < -0.4 is 4.74 Å². The Morgan fingerprint density at radius 3 is 2.66 bits per heavy atom. The first-order valence-corrected chi connectivity index (χ1v) is 13.1. The van der Waals surface area contributed by atoms with E-state index in [-0.39, 0.29) is 11.7 Å². The minimum Gasteiger partial charge on any atom is -0.491 e. The summed E-state index contributed by atoms with van der Waals surface area (Å²) in [5.41, 5.74) is 3.71. The monoisotopic (exact) mass is 514 g/mol. The second-order valence-electron chi connectivity index (χ2n) is 9.88. The van der Waals surface area contributed by atoms with Gasteiger partial charge in [-0.25, -0.2) is 0 Å². The Hall–Kier alpha value is -4.05.